The van der Waals surface area contributed by atoms with Crippen LogP contribution in [0.15, 0.2) is 48.5 Å². The molecule has 2 aromatic rings. The number of amides is 2. The first kappa shape index (κ1) is 17.1. The molecule has 0 unspecified atom stereocenters. The molecule has 3 rings (SSSR count). The molecule has 25 heavy (non-hydrogen) atoms. The average molecular weight is 340 g/mol. The fourth-order valence-corrected chi connectivity index (χ4v) is 3.03. The maximum Gasteiger partial charge on any atom is 0.254 e. The van der Waals surface area contributed by atoms with E-state index < -0.39 is 0 Å². The maximum absolute atomic E-state index is 12.9. The first-order chi connectivity index (χ1) is 12.0. The molecule has 5 heteroatoms. The van der Waals surface area contributed by atoms with Crippen LogP contribution in [0, 0.1) is 12.7 Å². The fourth-order valence-electron chi connectivity index (χ4n) is 3.03. The number of carbonyl (C=O) groups excluding carboxylic acids is 2. The zero-order chi connectivity index (χ0) is 17.8. The van der Waals surface area contributed by atoms with Crippen LogP contribution in [0.2, 0.25) is 0 Å². The number of piperazine rings is 1. The molecule has 2 amide bonds. The van der Waals surface area contributed by atoms with Gasteiger partial charge in [-0.05, 0) is 36.2 Å². The summed E-state index contributed by atoms with van der Waals surface area (Å²) >= 11 is 0. The van der Waals surface area contributed by atoms with Gasteiger partial charge in [0.1, 0.15) is 5.82 Å². The van der Waals surface area contributed by atoms with Crippen molar-refractivity contribution in [1.82, 2.24) is 9.80 Å². The van der Waals surface area contributed by atoms with Crippen LogP contribution in [0.5, 0.6) is 0 Å². The highest BCUT2D eigenvalue weighted by Gasteiger charge is 2.25. The molecule has 1 aliphatic heterocycles. The molecule has 2 aromatic carbocycles. The quantitative estimate of drug-likeness (QED) is 0.862. The van der Waals surface area contributed by atoms with Crippen LogP contribution in [0.1, 0.15) is 21.5 Å². The van der Waals surface area contributed by atoms with E-state index in [2.05, 4.69) is 0 Å². The minimum Gasteiger partial charge on any atom is -0.339 e. The van der Waals surface area contributed by atoms with Crippen LogP contribution in [-0.4, -0.2) is 47.8 Å². The number of hydrogen-bond acceptors (Lipinski definition) is 2. The lowest BCUT2D eigenvalue weighted by Gasteiger charge is -2.35. The number of hydrogen-bond donors (Lipinski definition) is 0. The Morgan fingerprint density at radius 2 is 1.52 bits per heavy atom. The number of carbonyl (C=O) groups is 2. The highest BCUT2D eigenvalue weighted by Crippen LogP contribution is 2.14. The van der Waals surface area contributed by atoms with E-state index in [4.69, 9.17) is 0 Å². The van der Waals surface area contributed by atoms with Crippen molar-refractivity contribution in [1.29, 1.82) is 0 Å². The summed E-state index contributed by atoms with van der Waals surface area (Å²) in [6.45, 7) is 4.04. The Bertz CT molecular complexity index is 766. The molecule has 0 radical (unpaired) electrons. The predicted molar refractivity (Wildman–Crippen MR) is 93.8 cm³/mol. The van der Waals surface area contributed by atoms with Crippen molar-refractivity contribution in [3.05, 3.63) is 71.0 Å². The zero-order valence-corrected chi connectivity index (χ0v) is 14.2. The van der Waals surface area contributed by atoms with Gasteiger partial charge in [-0.25, -0.2) is 4.39 Å². The van der Waals surface area contributed by atoms with Gasteiger partial charge in [0.05, 0.1) is 6.42 Å². The molecule has 0 spiro atoms. The van der Waals surface area contributed by atoms with Crippen LogP contribution in [0.4, 0.5) is 4.39 Å². The van der Waals surface area contributed by atoms with Gasteiger partial charge in [-0.3, -0.25) is 9.59 Å². The summed E-state index contributed by atoms with van der Waals surface area (Å²) in [5, 5.41) is 0. The van der Waals surface area contributed by atoms with E-state index in [1.54, 1.807) is 21.9 Å². The van der Waals surface area contributed by atoms with Crippen molar-refractivity contribution in [2.45, 2.75) is 13.3 Å². The van der Waals surface area contributed by atoms with Crippen molar-refractivity contribution >= 4 is 11.8 Å². The zero-order valence-electron chi connectivity index (χ0n) is 14.2. The van der Waals surface area contributed by atoms with Crippen LogP contribution in [0.25, 0.3) is 0 Å². The molecular formula is C20H21FN2O2. The summed E-state index contributed by atoms with van der Waals surface area (Å²) in [5.41, 5.74) is 2.47. The van der Waals surface area contributed by atoms with Gasteiger partial charge in [0.15, 0.2) is 0 Å². The molecule has 4 nitrogen and oxygen atoms in total. The van der Waals surface area contributed by atoms with Crippen LogP contribution < -0.4 is 0 Å². The maximum atomic E-state index is 12.9. The van der Waals surface area contributed by atoms with E-state index in [0.717, 1.165) is 11.1 Å². The molecule has 0 aromatic heterocycles. The largest absolute Gasteiger partial charge is 0.339 e. The summed E-state index contributed by atoms with van der Waals surface area (Å²) in [7, 11) is 0. The highest BCUT2D eigenvalue weighted by molar-refractivity contribution is 5.95. The van der Waals surface area contributed by atoms with E-state index in [-0.39, 0.29) is 24.1 Å². The Morgan fingerprint density at radius 1 is 0.920 bits per heavy atom. The Morgan fingerprint density at radius 3 is 2.16 bits per heavy atom. The normalized spacial score (nSPS) is 14.5. The molecule has 0 aliphatic carbocycles. The molecule has 0 atom stereocenters. The second-order valence-corrected chi connectivity index (χ2v) is 6.29. The third-order valence-corrected chi connectivity index (χ3v) is 4.56. The van der Waals surface area contributed by atoms with E-state index >= 15 is 0 Å². The van der Waals surface area contributed by atoms with E-state index in [9.17, 15) is 14.0 Å². The van der Waals surface area contributed by atoms with Gasteiger partial charge in [-0.2, -0.15) is 0 Å². The molecule has 1 aliphatic rings. The predicted octanol–water partition coefficient (Wildman–Crippen LogP) is 2.66. The molecule has 0 saturated carbocycles. The lowest BCUT2D eigenvalue weighted by molar-refractivity contribution is -0.131. The average Bonchev–Trinajstić information content (AvgIpc) is 2.63. The number of nitrogens with zero attached hydrogens (tertiary/aromatic N) is 2. The SMILES string of the molecule is Cc1ccccc1C(=O)N1CCN(C(=O)Cc2ccc(F)cc2)CC1. The number of halogens is 1. The molecule has 0 bridgehead atoms. The van der Waals surface area contributed by atoms with E-state index in [0.29, 0.717) is 31.7 Å². The summed E-state index contributed by atoms with van der Waals surface area (Å²) in [6.07, 6.45) is 0.256. The number of rotatable bonds is 3. The molecule has 0 N–H and O–H groups in total. The van der Waals surface area contributed by atoms with E-state index in [1.807, 2.05) is 31.2 Å². The van der Waals surface area contributed by atoms with Gasteiger partial charge in [0.25, 0.3) is 5.91 Å². The minimum absolute atomic E-state index is 0.00889. The minimum atomic E-state index is -0.306. The second-order valence-electron chi connectivity index (χ2n) is 6.29. The van der Waals surface area contributed by atoms with Crippen molar-refractivity contribution in [2.75, 3.05) is 26.2 Å². The lowest BCUT2D eigenvalue weighted by atomic mass is 10.1. The Hall–Kier alpha value is -2.69. The summed E-state index contributed by atoms with van der Waals surface area (Å²) in [4.78, 5) is 28.6. The van der Waals surface area contributed by atoms with Gasteiger partial charge >= 0.3 is 0 Å². The standard InChI is InChI=1S/C20H21FN2O2/c1-15-4-2-3-5-18(15)20(25)23-12-10-22(11-13-23)19(24)14-16-6-8-17(21)9-7-16/h2-9H,10-14H2,1H3. The molecule has 1 fully saturated rings. The topological polar surface area (TPSA) is 40.6 Å². The Labute approximate surface area is 146 Å². The highest BCUT2D eigenvalue weighted by atomic mass is 19.1. The first-order valence-corrected chi connectivity index (χ1v) is 8.42. The monoisotopic (exact) mass is 340 g/mol. The van der Waals surface area contributed by atoms with Crippen molar-refractivity contribution in [2.24, 2.45) is 0 Å². The molecule has 130 valence electrons. The smallest absolute Gasteiger partial charge is 0.254 e. The third-order valence-electron chi connectivity index (χ3n) is 4.56. The van der Waals surface area contributed by atoms with Crippen molar-refractivity contribution in [3.63, 3.8) is 0 Å². The van der Waals surface area contributed by atoms with Gasteiger partial charge in [0, 0.05) is 31.7 Å². The van der Waals surface area contributed by atoms with Crippen molar-refractivity contribution < 1.29 is 14.0 Å². The summed E-state index contributed by atoms with van der Waals surface area (Å²) in [6, 6.07) is 13.5. The first-order valence-electron chi connectivity index (χ1n) is 8.42. The van der Waals surface area contributed by atoms with E-state index in [1.165, 1.54) is 12.1 Å². The van der Waals surface area contributed by atoms with Gasteiger partial charge in [-0.15, -0.1) is 0 Å². The third kappa shape index (κ3) is 4.05. The van der Waals surface area contributed by atoms with Gasteiger partial charge in [0.2, 0.25) is 5.91 Å². The Kier molecular flexibility index (Phi) is 5.12. The van der Waals surface area contributed by atoms with Crippen molar-refractivity contribution in [3.8, 4) is 0 Å². The Balaban J connectivity index is 1.56. The summed E-state index contributed by atoms with van der Waals surface area (Å²) in [5.74, 6) is -0.280. The fraction of sp³-hybridized carbons (Fsp3) is 0.300. The van der Waals surface area contributed by atoms with Crippen LogP contribution in [-0.2, 0) is 11.2 Å². The molecular weight excluding hydrogens is 319 g/mol. The number of benzene rings is 2. The second kappa shape index (κ2) is 7.47. The molecule has 1 heterocycles. The van der Waals surface area contributed by atoms with Gasteiger partial charge in [-0.1, -0.05) is 30.3 Å². The summed E-state index contributed by atoms with van der Waals surface area (Å²) < 4.78 is 12.9. The lowest BCUT2D eigenvalue weighted by Crippen LogP contribution is -2.51. The van der Waals surface area contributed by atoms with Crippen LogP contribution in [0.3, 0.4) is 0 Å². The van der Waals surface area contributed by atoms with Gasteiger partial charge < -0.3 is 9.80 Å². The van der Waals surface area contributed by atoms with Crippen LogP contribution >= 0.6 is 0 Å². The molecule has 1 saturated heterocycles. The number of aryl methyl sites for hydroxylation is 1.